The Balaban J connectivity index is 1.03. The highest BCUT2D eigenvalue weighted by Gasteiger charge is 2.44. The Morgan fingerprint density at radius 1 is 0.552 bits per heavy atom. The van der Waals surface area contributed by atoms with Gasteiger partial charge < -0.3 is 28.4 Å². The lowest BCUT2D eigenvalue weighted by Crippen LogP contribution is -2.58. The molecule has 0 spiro atoms. The molecule has 0 aliphatic carbocycles. The first kappa shape index (κ1) is 49.9. The number of nitrogens with zero attached hydrogens (tertiary/aromatic N) is 1. The zero-order chi connectivity index (χ0) is 47.8. The lowest BCUT2D eigenvalue weighted by Gasteiger charge is -2.52. The normalized spacial score (nSPS) is 15.1. The van der Waals surface area contributed by atoms with Gasteiger partial charge in [0.15, 0.2) is 0 Å². The molecule has 5 aromatic rings. The van der Waals surface area contributed by atoms with Gasteiger partial charge in [0, 0.05) is 23.9 Å². The molecule has 0 aromatic heterocycles. The van der Waals surface area contributed by atoms with Crippen molar-refractivity contribution in [3.8, 4) is 23.0 Å². The van der Waals surface area contributed by atoms with Crippen LogP contribution in [0.5, 0.6) is 23.0 Å². The molecule has 1 heterocycles. The van der Waals surface area contributed by atoms with E-state index in [-0.39, 0.29) is 23.6 Å². The summed E-state index contributed by atoms with van der Waals surface area (Å²) < 4.78 is 33.4. The number of methoxy groups -OCH3 is 1. The summed E-state index contributed by atoms with van der Waals surface area (Å²) in [7, 11) is 1.58. The summed E-state index contributed by atoms with van der Waals surface area (Å²) in [6.45, 7) is 11.0. The maximum atomic E-state index is 13.2. The van der Waals surface area contributed by atoms with Gasteiger partial charge in [0.1, 0.15) is 29.1 Å². The van der Waals surface area contributed by atoms with Crippen LogP contribution in [0.2, 0.25) is 0 Å². The van der Waals surface area contributed by atoms with Gasteiger partial charge in [0.25, 0.3) is 0 Å². The molecule has 2 unspecified atom stereocenters. The number of hydrogen-bond acceptors (Lipinski definition) is 12. The molecule has 0 amide bonds. The SMILES string of the molecule is COc1ccc(OC(=O)c2ccc(OCCCCCCOC(=O)c3ccc(C(CC(COC(=O)c4ccccc4)c4ccc(OC(C)=O)cc4)ON4C(C)(C)CCCC4(C)C)cc3)cc2)cc1. The van der Waals surface area contributed by atoms with Crippen LogP contribution in [0.3, 0.4) is 0 Å². The van der Waals surface area contributed by atoms with Crippen molar-refractivity contribution >= 4 is 23.9 Å². The molecule has 12 nitrogen and oxygen atoms in total. The number of rotatable bonds is 22. The van der Waals surface area contributed by atoms with Crippen LogP contribution in [0.15, 0.2) is 127 Å². The molecule has 1 fully saturated rings. The van der Waals surface area contributed by atoms with Gasteiger partial charge in [-0.15, -0.1) is 0 Å². The fourth-order valence-electron chi connectivity index (χ4n) is 8.32. The minimum absolute atomic E-state index is 0.0745. The first-order valence-electron chi connectivity index (χ1n) is 23.0. The van der Waals surface area contributed by atoms with Crippen molar-refractivity contribution in [1.82, 2.24) is 5.06 Å². The van der Waals surface area contributed by atoms with Crippen LogP contribution >= 0.6 is 0 Å². The number of hydroxylamine groups is 2. The van der Waals surface area contributed by atoms with E-state index in [1.54, 1.807) is 104 Å². The van der Waals surface area contributed by atoms with Crippen molar-refractivity contribution in [2.45, 2.75) is 109 Å². The van der Waals surface area contributed by atoms with Crippen LogP contribution in [-0.2, 0) is 19.1 Å². The van der Waals surface area contributed by atoms with Crippen molar-refractivity contribution in [1.29, 1.82) is 0 Å². The largest absolute Gasteiger partial charge is 0.497 e. The minimum Gasteiger partial charge on any atom is -0.497 e. The summed E-state index contributed by atoms with van der Waals surface area (Å²) in [6.07, 6.45) is 6.23. The summed E-state index contributed by atoms with van der Waals surface area (Å²) in [5.74, 6) is 0.168. The van der Waals surface area contributed by atoms with E-state index < -0.39 is 30.0 Å². The highest BCUT2D eigenvalue weighted by Crippen LogP contribution is 2.43. The Labute approximate surface area is 394 Å². The third-order valence-corrected chi connectivity index (χ3v) is 11.9. The van der Waals surface area contributed by atoms with Crippen LogP contribution in [-0.4, -0.2) is 66.9 Å². The molecule has 0 bridgehead atoms. The molecule has 0 radical (unpaired) electrons. The van der Waals surface area contributed by atoms with Crippen molar-refractivity contribution < 1.29 is 52.4 Å². The summed E-state index contributed by atoms with van der Waals surface area (Å²) in [5.41, 5.74) is 2.52. The molecule has 0 saturated carbocycles. The molecule has 6 rings (SSSR count). The molecule has 1 aliphatic rings. The van der Waals surface area contributed by atoms with Crippen LogP contribution in [0, 0.1) is 0 Å². The van der Waals surface area contributed by atoms with Crippen molar-refractivity contribution in [2.24, 2.45) is 0 Å². The topological polar surface area (TPSA) is 136 Å². The van der Waals surface area contributed by atoms with Gasteiger partial charge in [0.2, 0.25) is 0 Å². The van der Waals surface area contributed by atoms with E-state index in [0.29, 0.717) is 65.7 Å². The van der Waals surface area contributed by atoms with E-state index in [9.17, 15) is 19.2 Å². The van der Waals surface area contributed by atoms with E-state index in [0.717, 1.165) is 49.7 Å². The van der Waals surface area contributed by atoms with Crippen molar-refractivity contribution in [3.05, 3.63) is 155 Å². The number of benzene rings is 5. The fourth-order valence-corrected chi connectivity index (χ4v) is 8.32. The number of piperidine rings is 1. The van der Waals surface area contributed by atoms with Gasteiger partial charge in [-0.3, -0.25) is 9.63 Å². The number of unbranched alkanes of at least 4 members (excludes halogenated alkanes) is 3. The van der Waals surface area contributed by atoms with Gasteiger partial charge in [-0.1, -0.05) is 42.5 Å². The minimum atomic E-state index is -0.492. The first-order chi connectivity index (χ1) is 32.2. The standard InChI is InChI=1S/C55H63NO11/c1-39(57)65-48-27-21-40(22-28-48)45(38-64-52(59)42-15-10-9-11-16-42)37-50(67-56-54(2,3)33-14-34-55(56,4)5)41-17-19-43(20-18-41)51(58)63-36-13-8-7-12-35-62-47-25-23-44(24-26-47)53(60)66-49-31-29-46(61-6)30-32-49/h9-11,15-32,45,50H,7-8,12-14,33-38H2,1-6H3. The highest BCUT2D eigenvalue weighted by molar-refractivity contribution is 5.91. The van der Waals surface area contributed by atoms with E-state index in [4.69, 9.17) is 33.3 Å². The third-order valence-electron chi connectivity index (χ3n) is 11.9. The lowest BCUT2D eigenvalue weighted by molar-refractivity contribution is -0.308. The molecule has 1 aliphatic heterocycles. The molecule has 2 atom stereocenters. The summed E-state index contributed by atoms with van der Waals surface area (Å²) in [4.78, 5) is 57.7. The maximum absolute atomic E-state index is 13.2. The van der Waals surface area contributed by atoms with E-state index >= 15 is 0 Å². The van der Waals surface area contributed by atoms with Crippen molar-refractivity contribution in [2.75, 3.05) is 26.9 Å². The molecule has 0 N–H and O–H groups in total. The Kier molecular flexibility index (Phi) is 17.7. The highest BCUT2D eigenvalue weighted by atomic mass is 16.7. The van der Waals surface area contributed by atoms with Gasteiger partial charge in [-0.25, -0.2) is 14.4 Å². The predicted octanol–water partition coefficient (Wildman–Crippen LogP) is 11.7. The van der Waals surface area contributed by atoms with E-state index in [1.165, 1.54) is 6.92 Å². The smallest absolute Gasteiger partial charge is 0.343 e. The Hall–Kier alpha value is -6.50. The summed E-state index contributed by atoms with van der Waals surface area (Å²) >= 11 is 0. The maximum Gasteiger partial charge on any atom is 0.343 e. The Bertz CT molecular complexity index is 2350. The monoisotopic (exact) mass is 913 g/mol. The zero-order valence-corrected chi connectivity index (χ0v) is 39.5. The molecule has 1 saturated heterocycles. The second-order valence-electron chi connectivity index (χ2n) is 18.0. The molecule has 354 valence electrons. The average molecular weight is 914 g/mol. The van der Waals surface area contributed by atoms with Crippen LogP contribution in [0.4, 0.5) is 0 Å². The van der Waals surface area contributed by atoms with E-state index in [1.807, 2.05) is 30.3 Å². The number of carbonyl (C=O) groups excluding carboxylic acids is 4. The Morgan fingerprint density at radius 3 is 1.69 bits per heavy atom. The third kappa shape index (κ3) is 14.7. The fraction of sp³-hybridized carbons (Fsp3) is 0.382. The second-order valence-corrected chi connectivity index (χ2v) is 18.0. The first-order valence-corrected chi connectivity index (χ1v) is 23.0. The van der Waals surface area contributed by atoms with Crippen molar-refractivity contribution in [3.63, 3.8) is 0 Å². The number of esters is 4. The van der Waals surface area contributed by atoms with Crippen LogP contribution < -0.4 is 18.9 Å². The van der Waals surface area contributed by atoms with Gasteiger partial charge >= 0.3 is 23.9 Å². The number of hydrogen-bond donors (Lipinski definition) is 0. The molecular formula is C55H63NO11. The quantitative estimate of drug-likeness (QED) is 0.0371. The molecule has 67 heavy (non-hydrogen) atoms. The average Bonchev–Trinajstić information content (AvgIpc) is 3.32. The lowest BCUT2D eigenvalue weighted by atomic mass is 9.82. The van der Waals surface area contributed by atoms with Gasteiger partial charge in [-0.2, -0.15) is 5.06 Å². The summed E-state index contributed by atoms with van der Waals surface area (Å²) in [6, 6.07) is 37.1. The summed E-state index contributed by atoms with van der Waals surface area (Å²) in [5, 5.41) is 2.13. The van der Waals surface area contributed by atoms with Gasteiger partial charge in [-0.05, 0) is 175 Å². The number of ether oxygens (including phenoxy) is 6. The second kappa shape index (κ2) is 23.8. The molecular weight excluding hydrogens is 851 g/mol. The Morgan fingerprint density at radius 2 is 1.06 bits per heavy atom. The van der Waals surface area contributed by atoms with E-state index in [2.05, 4.69) is 32.8 Å². The zero-order valence-electron chi connectivity index (χ0n) is 39.5. The van der Waals surface area contributed by atoms with Crippen LogP contribution in [0.25, 0.3) is 0 Å². The molecule has 5 aromatic carbocycles. The van der Waals surface area contributed by atoms with Gasteiger partial charge in [0.05, 0.1) is 43.6 Å². The van der Waals surface area contributed by atoms with Crippen LogP contribution in [0.1, 0.15) is 140 Å². The number of carbonyl (C=O) groups is 4. The predicted molar refractivity (Wildman–Crippen MR) is 255 cm³/mol. The molecule has 12 heteroatoms.